The minimum atomic E-state index is -2.46. The lowest BCUT2D eigenvalue weighted by Crippen LogP contribution is -2.11. The van der Waals surface area contributed by atoms with Gasteiger partial charge in [-0.05, 0) is 30.3 Å². The Morgan fingerprint density at radius 1 is 1.32 bits per heavy atom. The van der Waals surface area contributed by atoms with Crippen molar-refractivity contribution in [3.63, 3.8) is 0 Å². The Balaban J connectivity index is 1.81. The molecule has 0 unspecified atom stereocenters. The number of thiazole rings is 1. The second-order valence-electron chi connectivity index (χ2n) is 4.22. The van der Waals surface area contributed by atoms with Crippen LogP contribution in [0.15, 0.2) is 47.6 Å². The first kappa shape index (κ1) is 14.9. The topological polar surface area (TPSA) is 54.9 Å². The van der Waals surface area contributed by atoms with Crippen molar-refractivity contribution in [2.45, 2.75) is 10.7 Å². The lowest BCUT2D eigenvalue weighted by atomic mass is 10.3. The summed E-state index contributed by atoms with van der Waals surface area (Å²) in [4.78, 5) is 20.6. The quantitative estimate of drug-likeness (QED) is 0.723. The van der Waals surface area contributed by atoms with E-state index in [1.165, 1.54) is 17.5 Å². The molecule has 0 spiro atoms. The smallest absolute Gasteiger partial charge is 0.288 e. The number of rotatable bonds is 4. The zero-order valence-electron chi connectivity index (χ0n) is 11.0. The molecule has 0 fully saturated rings. The predicted octanol–water partition coefficient (Wildman–Crippen LogP) is 4.26. The van der Waals surface area contributed by atoms with E-state index in [4.69, 9.17) is 0 Å². The van der Waals surface area contributed by atoms with Crippen molar-refractivity contribution in [1.82, 2.24) is 9.97 Å². The van der Waals surface area contributed by atoms with Gasteiger partial charge in [-0.15, -0.1) is 0 Å². The van der Waals surface area contributed by atoms with Crippen LogP contribution in [0.4, 0.5) is 13.9 Å². The maximum Gasteiger partial charge on any atom is 0.288 e. The van der Waals surface area contributed by atoms with Gasteiger partial charge in [-0.3, -0.25) is 15.1 Å². The Kier molecular flexibility index (Phi) is 4.30. The number of fused-ring (bicyclic) bond motifs is 1. The van der Waals surface area contributed by atoms with Crippen molar-refractivity contribution in [2.75, 3.05) is 5.32 Å². The number of halogens is 2. The van der Waals surface area contributed by atoms with Crippen LogP contribution in [0.2, 0.25) is 0 Å². The van der Waals surface area contributed by atoms with Crippen LogP contribution < -0.4 is 5.32 Å². The van der Waals surface area contributed by atoms with Crippen LogP contribution in [-0.2, 0) is 0 Å². The van der Waals surface area contributed by atoms with E-state index in [0.29, 0.717) is 32.9 Å². The molecular weight excluding hydrogens is 328 g/mol. The highest BCUT2D eigenvalue weighted by Gasteiger charge is 2.11. The van der Waals surface area contributed by atoms with Gasteiger partial charge >= 0.3 is 0 Å². The number of carbonyl (C=O) groups excluding carboxylic acids is 1. The van der Waals surface area contributed by atoms with Gasteiger partial charge in [0.15, 0.2) is 5.13 Å². The number of thioether (sulfide) groups is 1. The molecule has 0 saturated carbocycles. The minimum absolute atomic E-state index is 0.311. The number of hydrogen-bond acceptors (Lipinski definition) is 5. The van der Waals surface area contributed by atoms with E-state index in [-0.39, 0.29) is 5.91 Å². The Bertz CT molecular complexity index is 808. The third-order valence-corrected chi connectivity index (χ3v) is 4.37. The van der Waals surface area contributed by atoms with Crippen molar-refractivity contribution in [2.24, 2.45) is 0 Å². The van der Waals surface area contributed by atoms with Gasteiger partial charge in [-0.2, -0.15) is 8.78 Å². The van der Waals surface area contributed by atoms with Gasteiger partial charge in [0.25, 0.3) is 11.7 Å². The SMILES string of the molecule is O=C(Nc1nc2ccc(SC(F)F)cc2s1)c1cccnc1. The predicted molar refractivity (Wildman–Crippen MR) is 83.7 cm³/mol. The third-order valence-electron chi connectivity index (χ3n) is 2.73. The highest BCUT2D eigenvalue weighted by Crippen LogP contribution is 2.32. The molecule has 1 amide bonds. The molecule has 0 saturated heterocycles. The van der Waals surface area contributed by atoms with Crippen LogP contribution >= 0.6 is 23.1 Å². The molecule has 0 atom stereocenters. The zero-order valence-corrected chi connectivity index (χ0v) is 12.6. The molecule has 2 aromatic heterocycles. The van der Waals surface area contributed by atoms with Gasteiger partial charge in [-0.25, -0.2) is 4.98 Å². The zero-order chi connectivity index (χ0) is 15.5. The molecule has 0 aliphatic rings. The lowest BCUT2D eigenvalue weighted by molar-refractivity contribution is 0.102. The number of aromatic nitrogens is 2. The first-order chi connectivity index (χ1) is 10.6. The monoisotopic (exact) mass is 337 g/mol. The summed E-state index contributed by atoms with van der Waals surface area (Å²) in [6, 6.07) is 8.21. The normalized spacial score (nSPS) is 11.0. The Hall–Kier alpha value is -2.06. The summed E-state index contributed by atoms with van der Waals surface area (Å²) in [5.41, 5.74) is 1.08. The minimum Gasteiger partial charge on any atom is -0.298 e. The molecule has 3 aromatic rings. The number of amides is 1. The molecule has 1 N–H and O–H groups in total. The summed E-state index contributed by atoms with van der Waals surface area (Å²) in [5.74, 6) is -2.77. The molecule has 22 heavy (non-hydrogen) atoms. The third kappa shape index (κ3) is 3.40. The molecule has 4 nitrogen and oxygen atoms in total. The molecule has 112 valence electrons. The van der Waals surface area contributed by atoms with Crippen LogP contribution in [0, 0.1) is 0 Å². The Labute approximate surface area is 132 Å². The van der Waals surface area contributed by atoms with Crippen molar-refractivity contribution in [1.29, 1.82) is 0 Å². The second kappa shape index (κ2) is 6.37. The van der Waals surface area contributed by atoms with Crippen molar-refractivity contribution < 1.29 is 13.6 Å². The van der Waals surface area contributed by atoms with Crippen LogP contribution in [0.1, 0.15) is 10.4 Å². The van der Waals surface area contributed by atoms with Gasteiger partial charge in [0.2, 0.25) is 0 Å². The van der Waals surface area contributed by atoms with Crippen molar-refractivity contribution in [3.05, 3.63) is 48.3 Å². The highest BCUT2D eigenvalue weighted by atomic mass is 32.2. The summed E-state index contributed by atoms with van der Waals surface area (Å²) >= 11 is 1.72. The van der Waals surface area contributed by atoms with Gasteiger partial charge in [-0.1, -0.05) is 23.1 Å². The van der Waals surface area contributed by atoms with E-state index in [0.717, 1.165) is 4.70 Å². The molecule has 1 aromatic carbocycles. The fourth-order valence-electron chi connectivity index (χ4n) is 1.80. The van der Waals surface area contributed by atoms with Crippen LogP contribution in [-0.4, -0.2) is 21.6 Å². The number of anilines is 1. The standard InChI is InChI=1S/C14H9F2N3OS2/c15-13(16)21-9-3-4-10-11(6-9)22-14(18-10)19-12(20)8-2-1-5-17-7-8/h1-7,13H,(H,18,19,20). The van der Waals surface area contributed by atoms with E-state index >= 15 is 0 Å². The van der Waals surface area contributed by atoms with E-state index in [1.807, 2.05) is 0 Å². The Morgan fingerprint density at radius 3 is 2.91 bits per heavy atom. The van der Waals surface area contributed by atoms with Crippen molar-refractivity contribution in [3.8, 4) is 0 Å². The number of pyridine rings is 1. The average Bonchev–Trinajstić information content (AvgIpc) is 2.89. The maximum atomic E-state index is 12.4. The molecule has 0 bridgehead atoms. The largest absolute Gasteiger partial charge is 0.298 e. The average molecular weight is 337 g/mol. The number of nitrogens with zero attached hydrogens (tertiary/aromatic N) is 2. The van der Waals surface area contributed by atoms with Gasteiger partial charge < -0.3 is 0 Å². The van der Waals surface area contributed by atoms with Crippen molar-refractivity contribution >= 4 is 44.4 Å². The summed E-state index contributed by atoms with van der Waals surface area (Å²) < 4.78 is 25.5. The molecular formula is C14H9F2N3OS2. The van der Waals surface area contributed by atoms with Gasteiger partial charge in [0.05, 0.1) is 15.8 Å². The van der Waals surface area contributed by atoms with Gasteiger partial charge in [0, 0.05) is 17.3 Å². The summed E-state index contributed by atoms with van der Waals surface area (Å²) in [6.07, 6.45) is 3.04. The molecule has 0 aliphatic carbocycles. The fraction of sp³-hybridized carbons (Fsp3) is 0.0714. The number of nitrogens with one attached hydrogen (secondary N) is 1. The summed E-state index contributed by atoms with van der Waals surface area (Å²) in [7, 11) is 0. The number of carbonyl (C=O) groups is 1. The Morgan fingerprint density at radius 2 is 2.18 bits per heavy atom. The summed E-state index contributed by atoms with van der Waals surface area (Å²) in [5, 5.41) is 3.10. The van der Waals surface area contributed by atoms with Gasteiger partial charge in [0.1, 0.15) is 0 Å². The molecule has 3 rings (SSSR count). The molecule has 2 heterocycles. The first-order valence-corrected chi connectivity index (χ1v) is 7.88. The van der Waals surface area contributed by atoms with E-state index < -0.39 is 5.76 Å². The summed E-state index contributed by atoms with van der Waals surface area (Å²) in [6.45, 7) is 0. The lowest BCUT2D eigenvalue weighted by Gasteiger charge is -1.99. The fourth-order valence-corrected chi connectivity index (χ4v) is 3.31. The molecule has 0 radical (unpaired) electrons. The number of hydrogen-bond donors (Lipinski definition) is 1. The number of alkyl halides is 2. The van der Waals surface area contributed by atoms with E-state index in [2.05, 4.69) is 15.3 Å². The van der Waals surface area contributed by atoms with E-state index in [1.54, 1.807) is 36.5 Å². The maximum absolute atomic E-state index is 12.4. The second-order valence-corrected chi connectivity index (χ2v) is 6.32. The van der Waals surface area contributed by atoms with Crippen LogP contribution in [0.3, 0.4) is 0 Å². The highest BCUT2D eigenvalue weighted by molar-refractivity contribution is 7.99. The van der Waals surface area contributed by atoms with Crippen LogP contribution in [0.5, 0.6) is 0 Å². The van der Waals surface area contributed by atoms with E-state index in [9.17, 15) is 13.6 Å². The molecule has 8 heteroatoms. The van der Waals surface area contributed by atoms with Crippen LogP contribution in [0.25, 0.3) is 10.2 Å². The molecule has 0 aliphatic heterocycles. The first-order valence-electron chi connectivity index (χ1n) is 6.18. The number of benzene rings is 1.